The first kappa shape index (κ1) is 15.2. The zero-order valence-electron chi connectivity index (χ0n) is 12.6. The highest BCUT2D eigenvalue weighted by molar-refractivity contribution is 7.10. The van der Waals surface area contributed by atoms with Gasteiger partial charge in [-0.2, -0.15) is 5.10 Å². The predicted octanol–water partition coefficient (Wildman–Crippen LogP) is 2.87. The Morgan fingerprint density at radius 2 is 2.17 bits per heavy atom. The number of rotatable bonds is 5. The highest BCUT2D eigenvalue weighted by Gasteiger charge is 2.07. The molecule has 0 atom stereocenters. The maximum absolute atomic E-state index is 11.9. The molecule has 0 spiro atoms. The van der Waals surface area contributed by atoms with E-state index in [1.165, 1.54) is 0 Å². The number of hydrogen-bond acceptors (Lipinski definition) is 4. The number of amides is 1. The molecule has 1 amide bonds. The van der Waals surface area contributed by atoms with Crippen molar-refractivity contribution in [2.24, 2.45) is 7.05 Å². The molecule has 0 aliphatic heterocycles. The topological polar surface area (TPSA) is 59.8 Å². The minimum absolute atomic E-state index is 0.120. The minimum atomic E-state index is -0.120. The molecule has 1 N–H and O–H groups in total. The van der Waals surface area contributed by atoms with E-state index in [2.05, 4.69) is 15.4 Å². The molecule has 0 fully saturated rings. The molecule has 0 aliphatic carbocycles. The summed E-state index contributed by atoms with van der Waals surface area (Å²) in [5, 5.41) is 9.32. The molecule has 3 rings (SSSR count). The van der Waals surface area contributed by atoms with Gasteiger partial charge >= 0.3 is 0 Å². The molecule has 0 aromatic carbocycles. The standard InChI is InChI=1S/C17H16N4OS/c1-21-14(11-16(20-21)13-6-8-18-9-7-13)12-19-17(22)5-4-15-3-2-10-23-15/h2-11H,12H2,1H3,(H,19,22)/b5-4+. The van der Waals surface area contributed by atoms with Crippen LogP contribution in [0.3, 0.4) is 0 Å². The second kappa shape index (κ2) is 7.02. The number of carbonyl (C=O) groups is 1. The van der Waals surface area contributed by atoms with E-state index in [1.807, 2.05) is 48.8 Å². The van der Waals surface area contributed by atoms with Crippen LogP contribution in [0.15, 0.2) is 54.2 Å². The Bertz CT molecular complexity index is 807. The maximum Gasteiger partial charge on any atom is 0.244 e. The van der Waals surface area contributed by atoms with Gasteiger partial charge in [-0.25, -0.2) is 0 Å². The van der Waals surface area contributed by atoms with Crippen LogP contribution < -0.4 is 5.32 Å². The number of aryl methyl sites for hydroxylation is 1. The number of thiophene rings is 1. The monoisotopic (exact) mass is 324 g/mol. The summed E-state index contributed by atoms with van der Waals surface area (Å²) in [4.78, 5) is 16.9. The number of pyridine rings is 1. The molecule has 23 heavy (non-hydrogen) atoms. The lowest BCUT2D eigenvalue weighted by Crippen LogP contribution is -2.21. The average molecular weight is 324 g/mol. The molecule has 3 aromatic rings. The summed E-state index contributed by atoms with van der Waals surface area (Å²) in [7, 11) is 1.87. The normalized spacial score (nSPS) is 11.0. The van der Waals surface area contributed by atoms with E-state index in [0.717, 1.165) is 21.8 Å². The van der Waals surface area contributed by atoms with Crippen LogP contribution in [0.4, 0.5) is 0 Å². The molecule has 0 saturated carbocycles. The molecule has 0 saturated heterocycles. The maximum atomic E-state index is 11.9. The van der Waals surface area contributed by atoms with Crippen LogP contribution in [0, 0.1) is 0 Å². The van der Waals surface area contributed by atoms with E-state index in [0.29, 0.717) is 6.54 Å². The molecule has 0 radical (unpaired) electrons. The first-order chi connectivity index (χ1) is 11.2. The van der Waals surface area contributed by atoms with Crippen LogP contribution in [-0.2, 0) is 18.4 Å². The van der Waals surface area contributed by atoms with Crippen molar-refractivity contribution in [1.29, 1.82) is 0 Å². The molecule has 3 heterocycles. The highest BCUT2D eigenvalue weighted by atomic mass is 32.1. The molecular weight excluding hydrogens is 308 g/mol. The second-order valence-electron chi connectivity index (χ2n) is 4.95. The molecule has 6 heteroatoms. The quantitative estimate of drug-likeness (QED) is 0.734. The van der Waals surface area contributed by atoms with E-state index in [9.17, 15) is 4.79 Å². The number of nitrogens with zero attached hydrogens (tertiary/aromatic N) is 3. The summed E-state index contributed by atoms with van der Waals surface area (Å²) in [6, 6.07) is 9.72. The summed E-state index contributed by atoms with van der Waals surface area (Å²) in [5.74, 6) is -0.120. The third-order valence-electron chi connectivity index (χ3n) is 3.34. The molecule has 3 aromatic heterocycles. The Balaban J connectivity index is 1.62. The fourth-order valence-corrected chi connectivity index (χ4v) is 2.73. The Morgan fingerprint density at radius 1 is 1.35 bits per heavy atom. The third kappa shape index (κ3) is 3.92. The summed E-state index contributed by atoms with van der Waals surface area (Å²) in [5.41, 5.74) is 2.81. The lowest BCUT2D eigenvalue weighted by Gasteiger charge is -2.02. The number of hydrogen-bond donors (Lipinski definition) is 1. The van der Waals surface area contributed by atoms with Crippen molar-refractivity contribution in [3.05, 3.63) is 64.8 Å². The van der Waals surface area contributed by atoms with Crippen LogP contribution in [0.25, 0.3) is 17.3 Å². The fraction of sp³-hybridized carbons (Fsp3) is 0.118. The van der Waals surface area contributed by atoms with Gasteiger partial charge in [0, 0.05) is 36.0 Å². The molecule has 0 aliphatic rings. The van der Waals surface area contributed by atoms with E-state index < -0.39 is 0 Å². The summed E-state index contributed by atoms with van der Waals surface area (Å²) < 4.78 is 1.78. The summed E-state index contributed by atoms with van der Waals surface area (Å²) >= 11 is 1.60. The van der Waals surface area contributed by atoms with Crippen LogP contribution in [0.1, 0.15) is 10.6 Å². The predicted molar refractivity (Wildman–Crippen MR) is 91.6 cm³/mol. The van der Waals surface area contributed by atoms with Gasteiger partial charge < -0.3 is 5.32 Å². The first-order valence-corrected chi connectivity index (χ1v) is 8.03. The zero-order chi connectivity index (χ0) is 16.1. The van der Waals surface area contributed by atoms with Crippen LogP contribution in [0.5, 0.6) is 0 Å². The van der Waals surface area contributed by atoms with Gasteiger partial charge in [0.2, 0.25) is 5.91 Å². The largest absolute Gasteiger partial charge is 0.347 e. The SMILES string of the molecule is Cn1nc(-c2ccncc2)cc1CNC(=O)/C=C/c1cccs1. The third-order valence-corrected chi connectivity index (χ3v) is 4.18. The van der Waals surface area contributed by atoms with Crippen molar-refractivity contribution in [1.82, 2.24) is 20.1 Å². The van der Waals surface area contributed by atoms with E-state index >= 15 is 0 Å². The van der Waals surface area contributed by atoms with Gasteiger partial charge in [-0.1, -0.05) is 6.07 Å². The Morgan fingerprint density at radius 3 is 2.91 bits per heavy atom. The lowest BCUT2D eigenvalue weighted by molar-refractivity contribution is -0.116. The van der Waals surface area contributed by atoms with Gasteiger partial charge in [-0.05, 0) is 35.7 Å². The number of nitrogens with one attached hydrogen (secondary N) is 1. The van der Waals surface area contributed by atoms with Crippen molar-refractivity contribution in [2.75, 3.05) is 0 Å². The second-order valence-corrected chi connectivity index (χ2v) is 5.93. The number of aromatic nitrogens is 3. The van der Waals surface area contributed by atoms with E-state index in [4.69, 9.17) is 0 Å². The van der Waals surface area contributed by atoms with E-state index in [-0.39, 0.29) is 5.91 Å². The molecule has 0 bridgehead atoms. The van der Waals surface area contributed by atoms with Crippen molar-refractivity contribution in [3.8, 4) is 11.3 Å². The Hall–Kier alpha value is -2.73. The summed E-state index contributed by atoms with van der Waals surface area (Å²) in [6.45, 7) is 0.433. The molecule has 116 valence electrons. The summed E-state index contributed by atoms with van der Waals surface area (Å²) in [6.07, 6.45) is 6.83. The van der Waals surface area contributed by atoms with Gasteiger partial charge in [0.05, 0.1) is 17.9 Å². The van der Waals surface area contributed by atoms with Crippen LogP contribution >= 0.6 is 11.3 Å². The van der Waals surface area contributed by atoms with Gasteiger partial charge in [-0.15, -0.1) is 11.3 Å². The van der Waals surface area contributed by atoms with Crippen molar-refractivity contribution in [3.63, 3.8) is 0 Å². The minimum Gasteiger partial charge on any atom is -0.347 e. The molecule has 5 nitrogen and oxygen atoms in total. The average Bonchev–Trinajstić information content (AvgIpc) is 3.21. The lowest BCUT2D eigenvalue weighted by atomic mass is 10.2. The van der Waals surface area contributed by atoms with Gasteiger partial charge in [0.15, 0.2) is 0 Å². The van der Waals surface area contributed by atoms with Crippen molar-refractivity contribution in [2.45, 2.75) is 6.54 Å². The molecular formula is C17H16N4OS. The smallest absolute Gasteiger partial charge is 0.244 e. The first-order valence-electron chi connectivity index (χ1n) is 7.15. The highest BCUT2D eigenvalue weighted by Crippen LogP contribution is 2.17. The van der Waals surface area contributed by atoms with Gasteiger partial charge in [0.1, 0.15) is 0 Å². The fourth-order valence-electron chi connectivity index (χ4n) is 2.12. The van der Waals surface area contributed by atoms with Crippen molar-refractivity contribution < 1.29 is 4.79 Å². The number of carbonyl (C=O) groups excluding carboxylic acids is 1. The van der Waals surface area contributed by atoms with Gasteiger partial charge in [-0.3, -0.25) is 14.5 Å². The van der Waals surface area contributed by atoms with E-state index in [1.54, 1.807) is 34.5 Å². The van der Waals surface area contributed by atoms with Gasteiger partial charge in [0.25, 0.3) is 0 Å². The Kier molecular flexibility index (Phi) is 4.63. The zero-order valence-corrected chi connectivity index (χ0v) is 13.5. The molecule has 0 unspecified atom stereocenters. The van der Waals surface area contributed by atoms with Crippen molar-refractivity contribution >= 4 is 23.3 Å². The van der Waals surface area contributed by atoms with Crippen LogP contribution in [0.2, 0.25) is 0 Å². The Labute approximate surface area is 138 Å². The van der Waals surface area contributed by atoms with Crippen LogP contribution in [-0.4, -0.2) is 20.7 Å².